The number of rotatable bonds is 1. The number of hydrogen-bond acceptors (Lipinski definition) is 7. The summed E-state index contributed by atoms with van der Waals surface area (Å²) in [6.45, 7) is 0. The molecule has 3 aromatic heterocycles. The van der Waals surface area contributed by atoms with Crippen LogP contribution < -0.4 is 0 Å². The molecule has 16 heavy (non-hydrogen) atoms. The standard InChI is InChI=1S/C6H2N10/c7-13-10-5-3-4(9-2-1-8-3)6-11-14-15-16(6)12-5/h1-2H. The number of fused-ring (bicyclic) bond motifs is 3. The summed E-state index contributed by atoms with van der Waals surface area (Å²) in [6.07, 6.45) is 2.97. The fourth-order valence-corrected chi connectivity index (χ4v) is 1.30. The molecular formula is C6H2N10. The summed E-state index contributed by atoms with van der Waals surface area (Å²) < 4.78 is 1.14. The summed E-state index contributed by atoms with van der Waals surface area (Å²) in [5, 5.41) is 18.1. The van der Waals surface area contributed by atoms with Gasteiger partial charge in [-0.25, -0.2) is 4.98 Å². The van der Waals surface area contributed by atoms with E-state index in [0.717, 1.165) is 4.63 Å². The van der Waals surface area contributed by atoms with E-state index in [4.69, 9.17) is 5.53 Å². The number of azide groups is 1. The van der Waals surface area contributed by atoms with Crippen LogP contribution in [-0.2, 0) is 0 Å². The van der Waals surface area contributed by atoms with E-state index >= 15 is 0 Å². The van der Waals surface area contributed by atoms with Crippen LogP contribution >= 0.6 is 0 Å². The molecule has 76 valence electrons. The SMILES string of the molecule is [N-]=[N+]=Nc1nn2nnnc2c2nccnc12. The highest BCUT2D eigenvalue weighted by atomic mass is 15.6. The van der Waals surface area contributed by atoms with E-state index < -0.39 is 0 Å². The highest BCUT2D eigenvalue weighted by Crippen LogP contribution is 2.21. The zero-order valence-electron chi connectivity index (χ0n) is 7.63. The molecule has 0 aromatic carbocycles. The van der Waals surface area contributed by atoms with Crippen LogP contribution in [0.2, 0.25) is 0 Å². The van der Waals surface area contributed by atoms with Crippen LogP contribution in [0.1, 0.15) is 0 Å². The van der Waals surface area contributed by atoms with E-state index in [1.165, 1.54) is 12.4 Å². The van der Waals surface area contributed by atoms with Gasteiger partial charge in [0, 0.05) is 17.3 Å². The predicted octanol–water partition coefficient (Wildman–Crippen LogP) is 0.404. The van der Waals surface area contributed by atoms with Crippen molar-refractivity contribution in [3.8, 4) is 0 Å². The van der Waals surface area contributed by atoms with Crippen LogP contribution in [0.25, 0.3) is 27.1 Å². The summed E-state index contributed by atoms with van der Waals surface area (Å²) in [4.78, 5) is 10.8. The summed E-state index contributed by atoms with van der Waals surface area (Å²) in [5.74, 6) is 0.0883. The first-order chi connectivity index (χ1) is 7.90. The Morgan fingerprint density at radius 2 is 2.06 bits per heavy atom. The Labute approximate surface area is 86.6 Å². The van der Waals surface area contributed by atoms with Gasteiger partial charge in [0.25, 0.3) is 0 Å². The number of tetrazole rings is 1. The second kappa shape index (κ2) is 3.07. The maximum absolute atomic E-state index is 8.41. The van der Waals surface area contributed by atoms with Gasteiger partial charge in [0.15, 0.2) is 5.82 Å². The molecule has 0 aliphatic rings. The molecular weight excluding hydrogens is 212 g/mol. The predicted molar refractivity (Wildman–Crippen MR) is 50.5 cm³/mol. The lowest BCUT2D eigenvalue weighted by atomic mass is 10.4. The molecule has 0 aliphatic heterocycles. The van der Waals surface area contributed by atoms with Crippen molar-refractivity contribution in [1.29, 1.82) is 0 Å². The lowest BCUT2D eigenvalue weighted by molar-refractivity contribution is 0.736. The molecule has 0 atom stereocenters. The highest BCUT2D eigenvalue weighted by molar-refractivity contribution is 5.92. The third kappa shape index (κ3) is 1.04. The fraction of sp³-hybridized carbons (Fsp3) is 0. The van der Waals surface area contributed by atoms with Gasteiger partial charge in [-0.1, -0.05) is 0 Å². The van der Waals surface area contributed by atoms with Crippen molar-refractivity contribution in [2.24, 2.45) is 5.11 Å². The van der Waals surface area contributed by atoms with E-state index in [9.17, 15) is 0 Å². The second-order valence-electron chi connectivity index (χ2n) is 2.76. The van der Waals surface area contributed by atoms with Crippen molar-refractivity contribution >= 4 is 22.5 Å². The number of nitrogens with zero attached hydrogens (tertiary/aromatic N) is 10. The van der Waals surface area contributed by atoms with Crippen molar-refractivity contribution in [2.45, 2.75) is 0 Å². The van der Waals surface area contributed by atoms with Crippen molar-refractivity contribution in [3.05, 3.63) is 22.8 Å². The third-order valence-electron chi connectivity index (χ3n) is 1.90. The van der Waals surface area contributed by atoms with Crippen LogP contribution in [0.5, 0.6) is 0 Å². The molecule has 0 aliphatic carbocycles. The Bertz CT molecular complexity index is 722. The average Bonchev–Trinajstić information content (AvgIpc) is 2.78. The average molecular weight is 214 g/mol. The normalized spacial score (nSPS) is 10.5. The van der Waals surface area contributed by atoms with Crippen LogP contribution in [0.15, 0.2) is 17.5 Å². The quantitative estimate of drug-likeness (QED) is 0.327. The van der Waals surface area contributed by atoms with Gasteiger partial charge in [0.2, 0.25) is 5.65 Å². The third-order valence-corrected chi connectivity index (χ3v) is 1.90. The van der Waals surface area contributed by atoms with Gasteiger partial charge in [0.05, 0.1) is 0 Å². The van der Waals surface area contributed by atoms with E-state index in [1.54, 1.807) is 0 Å². The van der Waals surface area contributed by atoms with Crippen molar-refractivity contribution in [3.63, 3.8) is 0 Å². The van der Waals surface area contributed by atoms with E-state index in [2.05, 4.69) is 40.6 Å². The molecule has 3 rings (SSSR count). The molecule has 0 bridgehead atoms. The van der Waals surface area contributed by atoms with Gasteiger partial charge in [-0.2, -0.15) is 0 Å². The highest BCUT2D eigenvalue weighted by Gasteiger charge is 2.11. The van der Waals surface area contributed by atoms with Gasteiger partial charge in [-0.15, -0.1) is 14.8 Å². The minimum Gasteiger partial charge on any atom is -0.251 e. The molecule has 0 saturated carbocycles. The van der Waals surface area contributed by atoms with E-state index in [-0.39, 0.29) is 5.82 Å². The largest absolute Gasteiger partial charge is 0.251 e. The molecule has 3 heterocycles. The Morgan fingerprint density at radius 3 is 2.88 bits per heavy atom. The van der Waals surface area contributed by atoms with Gasteiger partial charge in [-0.05, 0) is 21.1 Å². The lowest BCUT2D eigenvalue weighted by Gasteiger charge is -1.98. The molecule has 0 saturated heterocycles. The van der Waals surface area contributed by atoms with Crippen molar-refractivity contribution in [1.82, 2.24) is 35.2 Å². The molecule has 0 spiro atoms. The Morgan fingerprint density at radius 1 is 1.25 bits per heavy atom. The Hall–Kier alpha value is -2.87. The number of aromatic nitrogens is 7. The molecule has 0 amide bonds. The summed E-state index contributed by atoms with van der Waals surface area (Å²) in [5.41, 5.74) is 9.57. The van der Waals surface area contributed by atoms with E-state index in [1.807, 2.05) is 0 Å². The summed E-state index contributed by atoms with van der Waals surface area (Å²) in [7, 11) is 0. The molecule has 0 unspecified atom stereocenters. The number of hydrogen-bond donors (Lipinski definition) is 0. The Balaban J connectivity index is 2.59. The maximum atomic E-state index is 8.41. The van der Waals surface area contributed by atoms with Crippen LogP contribution in [0.4, 0.5) is 5.82 Å². The minimum absolute atomic E-state index is 0.0883. The minimum atomic E-state index is 0.0883. The maximum Gasteiger partial charge on any atom is 0.227 e. The molecule has 0 fully saturated rings. The summed E-state index contributed by atoms with van der Waals surface area (Å²) >= 11 is 0. The van der Waals surface area contributed by atoms with Gasteiger partial charge >= 0.3 is 0 Å². The van der Waals surface area contributed by atoms with Gasteiger partial charge in [0.1, 0.15) is 11.0 Å². The second-order valence-corrected chi connectivity index (χ2v) is 2.76. The zero-order valence-corrected chi connectivity index (χ0v) is 7.63. The lowest BCUT2D eigenvalue weighted by Crippen LogP contribution is -1.97. The fourth-order valence-electron chi connectivity index (χ4n) is 1.30. The molecule has 0 radical (unpaired) electrons. The molecule has 0 N–H and O–H groups in total. The first-order valence-electron chi connectivity index (χ1n) is 4.14. The zero-order chi connectivity index (χ0) is 11.0. The molecule has 3 aromatic rings. The van der Waals surface area contributed by atoms with Gasteiger partial charge in [-0.3, -0.25) is 4.98 Å². The van der Waals surface area contributed by atoms with Crippen LogP contribution in [-0.4, -0.2) is 35.2 Å². The smallest absolute Gasteiger partial charge is 0.227 e. The Kier molecular flexibility index (Phi) is 1.62. The van der Waals surface area contributed by atoms with Crippen molar-refractivity contribution < 1.29 is 0 Å². The van der Waals surface area contributed by atoms with Crippen LogP contribution in [0.3, 0.4) is 0 Å². The molecule has 10 nitrogen and oxygen atoms in total. The monoisotopic (exact) mass is 214 g/mol. The van der Waals surface area contributed by atoms with Crippen LogP contribution in [0, 0.1) is 0 Å². The first kappa shape index (κ1) is 8.44. The molecule has 10 heteroatoms. The van der Waals surface area contributed by atoms with E-state index in [0.29, 0.717) is 16.7 Å². The topological polar surface area (TPSA) is 131 Å². The first-order valence-corrected chi connectivity index (χ1v) is 4.14. The van der Waals surface area contributed by atoms with Crippen molar-refractivity contribution in [2.75, 3.05) is 0 Å². The van der Waals surface area contributed by atoms with Gasteiger partial charge < -0.3 is 0 Å². The summed E-state index contributed by atoms with van der Waals surface area (Å²) in [6, 6.07) is 0.